The molecule has 0 bridgehead atoms. The second-order valence-electron chi connectivity index (χ2n) is 4.61. The SMILES string of the molecule is O=C(O)CCc1cccc2c(=O)c3ccccc3oc12. The van der Waals surface area contributed by atoms with E-state index in [-0.39, 0.29) is 11.8 Å². The summed E-state index contributed by atoms with van der Waals surface area (Å²) in [5, 5.41) is 9.81. The quantitative estimate of drug-likeness (QED) is 0.741. The molecule has 3 rings (SSSR count). The first kappa shape index (κ1) is 12.4. The lowest BCUT2D eigenvalue weighted by atomic mass is 10.0. The van der Waals surface area contributed by atoms with Crippen molar-refractivity contribution >= 4 is 27.9 Å². The molecule has 20 heavy (non-hydrogen) atoms. The van der Waals surface area contributed by atoms with Crippen molar-refractivity contribution in [2.45, 2.75) is 12.8 Å². The van der Waals surface area contributed by atoms with Gasteiger partial charge in [-0.2, -0.15) is 0 Å². The van der Waals surface area contributed by atoms with Crippen molar-refractivity contribution in [3.05, 3.63) is 58.3 Å². The number of aliphatic carboxylic acids is 1. The van der Waals surface area contributed by atoms with E-state index in [0.29, 0.717) is 28.4 Å². The van der Waals surface area contributed by atoms with Crippen molar-refractivity contribution in [2.24, 2.45) is 0 Å². The summed E-state index contributed by atoms with van der Waals surface area (Å²) in [6.45, 7) is 0. The van der Waals surface area contributed by atoms with Gasteiger partial charge in [0.25, 0.3) is 0 Å². The van der Waals surface area contributed by atoms with E-state index in [9.17, 15) is 9.59 Å². The number of carboxylic acid groups (broad SMARTS) is 1. The second-order valence-corrected chi connectivity index (χ2v) is 4.61. The molecule has 1 aromatic heterocycles. The van der Waals surface area contributed by atoms with Gasteiger partial charge in [-0.05, 0) is 30.2 Å². The zero-order valence-corrected chi connectivity index (χ0v) is 10.6. The Bertz CT molecular complexity index is 861. The standard InChI is InChI=1S/C16H12O4/c17-14(18)9-8-10-4-3-6-12-15(19)11-5-1-2-7-13(11)20-16(10)12/h1-7H,8-9H2,(H,17,18). The van der Waals surface area contributed by atoms with E-state index in [2.05, 4.69) is 0 Å². The summed E-state index contributed by atoms with van der Waals surface area (Å²) in [5.41, 5.74) is 1.66. The zero-order chi connectivity index (χ0) is 14.1. The molecule has 0 amide bonds. The summed E-state index contributed by atoms with van der Waals surface area (Å²) in [6, 6.07) is 12.3. The summed E-state index contributed by atoms with van der Waals surface area (Å²) in [5.74, 6) is -0.870. The minimum atomic E-state index is -0.870. The van der Waals surface area contributed by atoms with Crippen LogP contribution in [-0.2, 0) is 11.2 Å². The number of rotatable bonds is 3. The maximum Gasteiger partial charge on any atom is 0.303 e. The van der Waals surface area contributed by atoms with Crippen LogP contribution in [0.25, 0.3) is 21.9 Å². The van der Waals surface area contributed by atoms with E-state index in [0.717, 1.165) is 5.56 Å². The van der Waals surface area contributed by atoms with Crippen LogP contribution in [0.1, 0.15) is 12.0 Å². The third-order valence-electron chi connectivity index (χ3n) is 3.29. The number of hydrogen-bond acceptors (Lipinski definition) is 3. The lowest BCUT2D eigenvalue weighted by Gasteiger charge is -2.05. The van der Waals surface area contributed by atoms with Crippen molar-refractivity contribution in [1.82, 2.24) is 0 Å². The fourth-order valence-electron chi connectivity index (χ4n) is 2.32. The third-order valence-corrected chi connectivity index (χ3v) is 3.29. The van der Waals surface area contributed by atoms with Crippen LogP contribution in [0, 0.1) is 0 Å². The Morgan fingerprint density at radius 3 is 2.60 bits per heavy atom. The molecular weight excluding hydrogens is 256 g/mol. The molecule has 1 heterocycles. The molecule has 0 aliphatic rings. The smallest absolute Gasteiger partial charge is 0.303 e. The van der Waals surface area contributed by atoms with Gasteiger partial charge in [0.15, 0.2) is 0 Å². The molecule has 0 atom stereocenters. The van der Waals surface area contributed by atoms with Crippen LogP contribution in [-0.4, -0.2) is 11.1 Å². The van der Waals surface area contributed by atoms with Gasteiger partial charge in [-0.15, -0.1) is 0 Å². The fraction of sp³-hybridized carbons (Fsp3) is 0.125. The van der Waals surface area contributed by atoms with Crippen LogP contribution < -0.4 is 5.43 Å². The summed E-state index contributed by atoms with van der Waals surface area (Å²) in [6.07, 6.45) is 0.351. The zero-order valence-electron chi connectivity index (χ0n) is 10.6. The second kappa shape index (κ2) is 4.81. The molecule has 4 heteroatoms. The van der Waals surface area contributed by atoms with Crippen molar-refractivity contribution in [2.75, 3.05) is 0 Å². The molecule has 2 aromatic carbocycles. The van der Waals surface area contributed by atoms with Crippen molar-refractivity contribution in [1.29, 1.82) is 0 Å². The lowest BCUT2D eigenvalue weighted by Crippen LogP contribution is -2.04. The number of fused-ring (bicyclic) bond motifs is 2. The highest BCUT2D eigenvalue weighted by Gasteiger charge is 2.11. The molecule has 4 nitrogen and oxygen atoms in total. The van der Waals surface area contributed by atoms with E-state index < -0.39 is 5.97 Å². The van der Waals surface area contributed by atoms with Crippen LogP contribution in [0.2, 0.25) is 0 Å². The van der Waals surface area contributed by atoms with Gasteiger partial charge >= 0.3 is 5.97 Å². The Kier molecular flexibility index (Phi) is 2.99. The van der Waals surface area contributed by atoms with E-state index >= 15 is 0 Å². The molecule has 1 N–H and O–H groups in total. The molecule has 0 spiro atoms. The number of carboxylic acids is 1. The van der Waals surface area contributed by atoms with Crippen molar-refractivity contribution < 1.29 is 14.3 Å². The topological polar surface area (TPSA) is 67.5 Å². The van der Waals surface area contributed by atoms with Gasteiger partial charge in [0.2, 0.25) is 5.43 Å². The van der Waals surface area contributed by atoms with Crippen LogP contribution in [0.4, 0.5) is 0 Å². The first-order valence-electron chi connectivity index (χ1n) is 6.32. The molecular formula is C16H12O4. The maximum atomic E-state index is 12.4. The van der Waals surface area contributed by atoms with Gasteiger partial charge in [-0.1, -0.05) is 24.3 Å². The highest BCUT2D eigenvalue weighted by molar-refractivity contribution is 5.91. The Morgan fingerprint density at radius 2 is 1.80 bits per heavy atom. The first-order chi connectivity index (χ1) is 9.66. The molecule has 0 fully saturated rings. The monoisotopic (exact) mass is 268 g/mol. The number of benzene rings is 2. The average molecular weight is 268 g/mol. The van der Waals surface area contributed by atoms with Gasteiger partial charge < -0.3 is 9.52 Å². The highest BCUT2D eigenvalue weighted by Crippen LogP contribution is 2.22. The number of aryl methyl sites for hydroxylation is 1. The van der Waals surface area contributed by atoms with Crippen LogP contribution in [0.5, 0.6) is 0 Å². The number of hydrogen-bond donors (Lipinski definition) is 1. The van der Waals surface area contributed by atoms with Crippen LogP contribution >= 0.6 is 0 Å². The minimum absolute atomic E-state index is 0.00957. The van der Waals surface area contributed by atoms with E-state index in [1.165, 1.54) is 0 Å². The van der Waals surface area contributed by atoms with E-state index in [4.69, 9.17) is 9.52 Å². The van der Waals surface area contributed by atoms with Gasteiger partial charge in [0.1, 0.15) is 11.2 Å². The predicted molar refractivity (Wildman–Crippen MR) is 75.9 cm³/mol. The number of para-hydroxylation sites is 2. The van der Waals surface area contributed by atoms with Gasteiger partial charge in [0, 0.05) is 6.42 Å². The summed E-state index contributed by atoms with van der Waals surface area (Å²) in [7, 11) is 0. The van der Waals surface area contributed by atoms with Crippen LogP contribution in [0.15, 0.2) is 51.7 Å². The lowest BCUT2D eigenvalue weighted by molar-refractivity contribution is -0.136. The molecule has 0 unspecified atom stereocenters. The van der Waals surface area contributed by atoms with Crippen LogP contribution in [0.3, 0.4) is 0 Å². The average Bonchev–Trinajstić information content (AvgIpc) is 2.45. The normalized spacial score (nSPS) is 11.0. The first-order valence-corrected chi connectivity index (χ1v) is 6.32. The number of carbonyl (C=O) groups is 1. The molecule has 100 valence electrons. The van der Waals surface area contributed by atoms with Gasteiger partial charge in [-0.3, -0.25) is 9.59 Å². The molecule has 0 saturated heterocycles. The molecule has 0 saturated carbocycles. The van der Waals surface area contributed by atoms with Gasteiger partial charge in [-0.25, -0.2) is 0 Å². The minimum Gasteiger partial charge on any atom is -0.481 e. The Hall–Kier alpha value is -2.62. The Morgan fingerprint density at radius 1 is 1.05 bits per heavy atom. The largest absolute Gasteiger partial charge is 0.481 e. The molecule has 0 radical (unpaired) electrons. The molecule has 0 aliphatic heterocycles. The van der Waals surface area contributed by atoms with Gasteiger partial charge in [0.05, 0.1) is 10.8 Å². The summed E-state index contributed by atoms with van der Waals surface area (Å²) >= 11 is 0. The fourth-order valence-corrected chi connectivity index (χ4v) is 2.32. The summed E-state index contributed by atoms with van der Waals surface area (Å²) in [4.78, 5) is 23.1. The van der Waals surface area contributed by atoms with E-state index in [1.54, 1.807) is 42.5 Å². The molecule has 3 aromatic rings. The predicted octanol–water partition coefficient (Wildman–Crippen LogP) is 2.96. The Labute approximate surface area is 114 Å². The van der Waals surface area contributed by atoms with Crippen molar-refractivity contribution in [3.8, 4) is 0 Å². The Balaban J connectivity index is 2.28. The maximum absolute atomic E-state index is 12.4. The molecule has 0 aliphatic carbocycles. The van der Waals surface area contributed by atoms with E-state index in [1.807, 2.05) is 0 Å². The summed E-state index contributed by atoms with van der Waals surface area (Å²) < 4.78 is 5.80. The van der Waals surface area contributed by atoms with Crippen molar-refractivity contribution in [3.63, 3.8) is 0 Å². The highest BCUT2D eigenvalue weighted by atomic mass is 16.4. The third kappa shape index (κ3) is 2.05.